The lowest BCUT2D eigenvalue weighted by atomic mass is 10.1. The van der Waals surface area contributed by atoms with Gasteiger partial charge in [-0.25, -0.2) is 4.79 Å². The van der Waals surface area contributed by atoms with Crippen LogP contribution >= 0.6 is 24.0 Å². The van der Waals surface area contributed by atoms with Crippen molar-refractivity contribution in [1.29, 1.82) is 0 Å². The van der Waals surface area contributed by atoms with Crippen LogP contribution in [0.1, 0.15) is 23.7 Å². The van der Waals surface area contributed by atoms with Gasteiger partial charge in [0.05, 0.1) is 26.0 Å². The molecule has 0 atom stereocenters. The lowest BCUT2D eigenvalue weighted by Crippen LogP contribution is -2.53. The number of aromatic nitrogens is 1. The molecular weight excluding hydrogens is 461 g/mol. The number of hydrogen-bond acceptors (Lipinski definition) is 5. The number of halogens is 1. The van der Waals surface area contributed by atoms with Crippen molar-refractivity contribution >= 4 is 36.0 Å². The summed E-state index contributed by atoms with van der Waals surface area (Å²) in [6.45, 7) is 9.43. The van der Waals surface area contributed by atoms with Crippen LogP contribution in [-0.4, -0.2) is 73.8 Å². The molecule has 1 fully saturated rings. The van der Waals surface area contributed by atoms with Crippen LogP contribution in [0.25, 0.3) is 0 Å². The number of aryl methyl sites for hydroxylation is 1. The molecule has 0 aromatic carbocycles. The summed E-state index contributed by atoms with van der Waals surface area (Å²) in [6, 6.07) is 0. The third kappa shape index (κ3) is 5.85. The predicted molar refractivity (Wildman–Crippen MR) is 116 cm³/mol. The summed E-state index contributed by atoms with van der Waals surface area (Å²) in [7, 11) is 3.44. The minimum absolute atomic E-state index is 0. The van der Waals surface area contributed by atoms with Crippen molar-refractivity contribution in [3.8, 4) is 5.75 Å². The first kappa shape index (κ1) is 23.3. The van der Waals surface area contributed by atoms with E-state index in [1.54, 1.807) is 19.1 Å². The second kappa shape index (κ2) is 11.2. The van der Waals surface area contributed by atoms with Gasteiger partial charge in [0.1, 0.15) is 5.75 Å². The molecule has 1 aromatic rings. The molecule has 8 nitrogen and oxygen atoms in total. The summed E-state index contributed by atoms with van der Waals surface area (Å²) in [4.78, 5) is 24.5. The van der Waals surface area contributed by atoms with Gasteiger partial charge in [-0.15, -0.1) is 24.0 Å². The lowest BCUT2D eigenvalue weighted by molar-refractivity contribution is 0.0914. The SMILES string of the molecule is CCOC(=O)N1CCN(C(=NC)NCc2ncc(C)c(OC)c2C)CC1.I. The molecule has 1 saturated heterocycles. The van der Waals surface area contributed by atoms with Gasteiger partial charge in [0.2, 0.25) is 0 Å². The zero-order valence-electron chi connectivity index (χ0n) is 16.7. The number of rotatable bonds is 4. The van der Waals surface area contributed by atoms with Gasteiger partial charge < -0.3 is 24.6 Å². The van der Waals surface area contributed by atoms with E-state index in [0.717, 1.165) is 28.5 Å². The predicted octanol–water partition coefficient (Wildman–Crippen LogP) is 2.17. The van der Waals surface area contributed by atoms with E-state index in [0.29, 0.717) is 39.3 Å². The fourth-order valence-electron chi connectivity index (χ4n) is 3.06. The highest BCUT2D eigenvalue weighted by atomic mass is 127. The number of pyridine rings is 1. The summed E-state index contributed by atoms with van der Waals surface area (Å²) in [5, 5.41) is 3.36. The average Bonchev–Trinajstić information content (AvgIpc) is 2.65. The second-order valence-corrected chi connectivity index (χ2v) is 6.12. The van der Waals surface area contributed by atoms with E-state index in [1.807, 2.05) is 27.0 Å². The van der Waals surface area contributed by atoms with Crippen LogP contribution in [0.4, 0.5) is 4.79 Å². The summed E-state index contributed by atoms with van der Waals surface area (Å²) in [5.74, 6) is 1.67. The van der Waals surface area contributed by atoms with Crippen LogP contribution in [0.15, 0.2) is 11.2 Å². The van der Waals surface area contributed by atoms with Gasteiger partial charge in [0.15, 0.2) is 5.96 Å². The van der Waals surface area contributed by atoms with Gasteiger partial charge in [-0.1, -0.05) is 0 Å². The molecule has 0 unspecified atom stereocenters. The minimum atomic E-state index is -0.248. The average molecular weight is 491 g/mol. The number of aliphatic imine (C=N–C) groups is 1. The fraction of sp³-hybridized carbons (Fsp3) is 0.611. The summed E-state index contributed by atoms with van der Waals surface area (Å²) in [6.07, 6.45) is 1.57. The molecule has 0 saturated carbocycles. The molecule has 1 aliphatic heterocycles. The van der Waals surface area contributed by atoms with Gasteiger partial charge in [-0.3, -0.25) is 9.98 Å². The van der Waals surface area contributed by atoms with E-state index < -0.39 is 0 Å². The first-order valence-electron chi connectivity index (χ1n) is 8.88. The van der Waals surface area contributed by atoms with E-state index in [2.05, 4.69) is 20.2 Å². The number of hydrogen-bond donors (Lipinski definition) is 1. The van der Waals surface area contributed by atoms with Crippen LogP contribution in [0, 0.1) is 13.8 Å². The van der Waals surface area contributed by atoms with Gasteiger partial charge >= 0.3 is 6.09 Å². The topological polar surface area (TPSA) is 79.3 Å². The van der Waals surface area contributed by atoms with Crippen LogP contribution in [0.2, 0.25) is 0 Å². The molecule has 1 N–H and O–H groups in total. The van der Waals surface area contributed by atoms with Crippen LogP contribution < -0.4 is 10.1 Å². The quantitative estimate of drug-likeness (QED) is 0.395. The van der Waals surface area contributed by atoms with Gasteiger partial charge in [-0.05, 0) is 20.8 Å². The zero-order chi connectivity index (χ0) is 19.1. The highest BCUT2D eigenvalue weighted by Gasteiger charge is 2.23. The maximum atomic E-state index is 11.8. The number of nitrogens with one attached hydrogen (secondary N) is 1. The van der Waals surface area contributed by atoms with Crippen molar-refractivity contribution in [3.05, 3.63) is 23.0 Å². The van der Waals surface area contributed by atoms with Gasteiger partial charge in [-0.2, -0.15) is 0 Å². The molecule has 2 rings (SSSR count). The number of amides is 1. The highest BCUT2D eigenvalue weighted by molar-refractivity contribution is 14.0. The second-order valence-electron chi connectivity index (χ2n) is 6.12. The fourth-order valence-corrected chi connectivity index (χ4v) is 3.06. The number of nitrogens with zero attached hydrogens (tertiary/aromatic N) is 4. The highest BCUT2D eigenvalue weighted by Crippen LogP contribution is 2.23. The molecule has 0 spiro atoms. The number of carbonyl (C=O) groups excluding carboxylic acids is 1. The van der Waals surface area contributed by atoms with Gasteiger partial charge in [0, 0.05) is 50.6 Å². The Labute approximate surface area is 178 Å². The maximum Gasteiger partial charge on any atom is 0.409 e. The van der Waals surface area contributed by atoms with E-state index in [-0.39, 0.29) is 30.1 Å². The van der Waals surface area contributed by atoms with E-state index in [9.17, 15) is 4.79 Å². The van der Waals surface area contributed by atoms with Crippen LogP contribution in [0.3, 0.4) is 0 Å². The summed E-state index contributed by atoms with van der Waals surface area (Å²) >= 11 is 0. The lowest BCUT2D eigenvalue weighted by Gasteiger charge is -2.35. The van der Waals surface area contributed by atoms with E-state index >= 15 is 0 Å². The minimum Gasteiger partial charge on any atom is -0.496 e. The molecule has 0 aliphatic carbocycles. The van der Waals surface area contributed by atoms with Crippen LogP contribution in [0.5, 0.6) is 5.75 Å². The van der Waals surface area contributed by atoms with Crippen molar-refractivity contribution in [1.82, 2.24) is 20.1 Å². The third-order valence-electron chi connectivity index (χ3n) is 4.48. The molecule has 152 valence electrons. The Bertz CT molecular complexity index is 661. The summed E-state index contributed by atoms with van der Waals surface area (Å²) < 4.78 is 10.5. The van der Waals surface area contributed by atoms with E-state index in [1.165, 1.54) is 0 Å². The Hall–Kier alpha value is -1.78. The molecular formula is C18H30IN5O3. The van der Waals surface area contributed by atoms with Crippen LogP contribution in [-0.2, 0) is 11.3 Å². The smallest absolute Gasteiger partial charge is 0.409 e. The number of guanidine groups is 1. The Balaban J connectivity index is 0.00000364. The van der Waals surface area contributed by atoms with Crippen molar-refractivity contribution in [2.24, 2.45) is 4.99 Å². The number of carbonyl (C=O) groups is 1. The molecule has 0 bridgehead atoms. The maximum absolute atomic E-state index is 11.8. The zero-order valence-corrected chi connectivity index (χ0v) is 19.1. The van der Waals surface area contributed by atoms with Crippen molar-refractivity contribution in [3.63, 3.8) is 0 Å². The van der Waals surface area contributed by atoms with E-state index in [4.69, 9.17) is 9.47 Å². The number of piperazine rings is 1. The first-order valence-corrected chi connectivity index (χ1v) is 8.88. The number of ether oxygens (including phenoxy) is 2. The Kier molecular flexibility index (Phi) is 9.61. The molecule has 2 heterocycles. The molecule has 27 heavy (non-hydrogen) atoms. The Morgan fingerprint density at radius 3 is 2.44 bits per heavy atom. The monoisotopic (exact) mass is 491 g/mol. The standard InChI is InChI=1S/C18H29N5O3.HI/c1-6-26-18(24)23-9-7-22(8-10-23)17(19-4)21-12-15-14(3)16(25-5)13(2)11-20-15;/h11H,6-10,12H2,1-5H3,(H,19,21);1H. The van der Waals surface area contributed by atoms with Crippen molar-refractivity contribution in [2.75, 3.05) is 46.9 Å². The van der Waals surface area contributed by atoms with Gasteiger partial charge in [0.25, 0.3) is 0 Å². The molecule has 1 aromatic heterocycles. The molecule has 1 amide bonds. The molecule has 9 heteroatoms. The Morgan fingerprint density at radius 1 is 1.26 bits per heavy atom. The molecule has 1 aliphatic rings. The van der Waals surface area contributed by atoms with Crippen molar-refractivity contribution in [2.45, 2.75) is 27.3 Å². The number of methoxy groups -OCH3 is 1. The summed E-state index contributed by atoms with van der Waals surface area (Å²) in [5.41, 5.74) is 2.98. The molecule has 0 radical (unpaired) electrons. The normalized spacial score (nSPS) is 14.5. The van der Waals surface area contributed by atoms with Crippen molar-refractivity contribution < 1.29 is 14.3 Å². The largest absolute Gasteiger partial charge is 0.496 e. The first-order chi connectivity index (χ1) is 12.5. The third-order valence-corrected chi connectivity index (χ3v) is 4.48. The Morgan fingerprint density at radius 2 is 1.89 bits per heavy atom.